The van der Waals surface area contributed by atoms with Crippen LogP contribution in [0.1, 0.15) is 51.1 Å². The van der Waals surface area contributed by atoms with Crippen LogP contribution < -0.4 is 5.32 Å². The van der Waals surface area contributed by atoms with Crippen LogP contribution in [0.4, 0.5) is 0 Å². The van der Waals surface area contributed by atoms with E-state index in [4.69, 9.17) is 0 Å². The lowest BCUT2D eigenvalue weighted by atomic mass is 10.0. The summed E-state index contributed by atoms with van der Waals surface area (Å²) in [5, 5.41) is 13.4. The average Bonchev–Trinajstić information content (AvgIpc) is 3.45. The van der Waals surface area contributed by atoms with Crippen LogP contribution in [0.3, 0.4) is 0 Å². The van der Waals surface area contributed by atoms with Gasteiger partial charge in [-0.2, -0.15) is 0 Å². The van der Waals surface area contributed by atoms with Crippen LogP contribution in [0.2, 0.25) is 0 Å². The Labute approximate surface area is 140 Å². The van der Waals surface area contributed by atoms with Crippen LogP contribution in [-0.4, -0.2) is 28.6 Å². The molecular formula is C18H21N3OS. The van der Waals surface area contributed by atoms with Gasteiger partial charge in [0.05, 0.1) is 6.42 Å². The number of aryl methyl sites for hydroxylation is 1. The molecular weight excluding hydrogens is 306 g/mol. The van der Waals surface area contributed by atoms with Gasteiger partial charge in [-0.1, -0.05) is 18.2 Å². The molecule has 2 aliphatic carbocycles. The average molecular weight is 327 g/mol. The maximum absolute atomic E-state index is 12.4. The van der Waals surface area contributed by atoms with E-state index in [2.05, 4.69) is 27.6 Å². The summed E-state index contributed by atoms with van der Waals surface area (Å²) < 4.78 is 0. The van der Waals surface area contributed by atoms with Crippen molar-refractivity contribution in [2.75, 3.05) is 6.54 Å². The van der Waals surface area contributed by atoms with E-state index >= 15 is 0 Å². The third-order valence-electron chi connectivity index (χ3n) is 4.67. The van der Waals surface area contributed by atoms with Crippen molar-refractivity contribution in [1.82, 2.24) is 15.5 Å². The Morgan fingerprint density at radius 2 is 2.22 bits per heavy atom. The molecule has 2 unspecified atom stereocenters. The van der Waals surface area contributed by atoms with Gasteiger partial charge in [0, 0.05) is 17.5 Å². The Morgan fingerprint density at radius 3 is 2.96 bits per heavy atom. The molecule has 2 aromatic rings. The minimum Gasteiger partial charge on any atom is -0.313 e. The minimum absolute atomic E-state index is 0.131. The third-order valence-corrected chi connectivity index (χ3v) is 5.51. The van der Waals surface area contributed by atoms with Crippen LogP contribution in [0.5, 0.6) is 0 Å². The molecule has 1 N–H and O–H groups in total. The number of hydrogen-bond donors (Lipinski definition) is 1. The number of Topliss-reactive ketones (excluding diaryl/α,β-unsaturated/α-hetero) is 1. The normalized spacial score (nSPS) is 23.0. The van der Waals surface area contributed by atoms with E-state index in [0.717, 1.165) is 28.0 Å². The minimum atomic E-state index is 0.131. The molecule has 2 fully saturated rings. The Kier molecular flexibility index (Phi) is 3.99. The number of hydrogen-bond acceptors (Lipinski definition) is 5. The smallest absolute Gasteiger partial charge is 0.169 e. The number of ketones is 1. The van der Waals surface area contributed by atoms with E-state index in [9.17, 15) is 4.79 Å². The molecule has 0 bridgehead atoms. The molecule has 2 aliphatic rings. The number of nitrogens with one attached hydrogen (secondary N) is 1. The molecule has 0 radical (unpaired) electrons. The summed E-state index contributed by atoms with van der Waals surface area (Å²) in [5.74, 6) is 1.62. The number of benzene rings is 1. The molecule has 4 nitrogen and oxygen atoms in total. The summed E-state index contributed by atoms with van der Waals surface area (Å²) >= 11 is 1.50. The SMILES string of the molecule is Cc1nnc(CC(=O)c2cccc(C3CC3NCC3CC3)c2)s1. The first-order valence-electron chi connectivity index (χ1n) is 8.34. The highest BCUT2D eigenvalue weighted by atomic mass is 32.1. The Bertz CT molecular complexity index is 723. The largest absolute Gasteiger partial charge is 0.313 e. The molecule has 23 heavy (non-hydrogen) atoms. The van der Waals surface area contributed by atoms with Crippen LogP contribution >= 0.6 is 11.3 Å². The fourth-order valence-electron chi connectivity index (χ4n) is 3.02. The maximum Gasteiger partial charge on any atom is 0.169 e. The highest BCUT2D eigenvalue weighted by molar-refractivity contribution is 7.11. The topological polar surface area (TPSA) is 54.9 Å². The highest BCUT2D eigenvalue weighted by Crippen LogP contribution is 2.41. The summed E-state index contributed by atoms with van der Waals surface area (Å²) in [7, 11) is 0. The summed E-state index contributed by atoms with van der Waals surface area (Å²) in [4.78, 5) is 12.4. The molecule has 0 saturated heterocycles. The third kappa shape index (κ3) is 3.67. The fourth-order valence-corrected chi connectivity index (χ4v) is 3.73. The second-order valence-corrected chi connectivity index (χ2v) is 8.01. The number of carbonyl (C=O) groups is 1. The van der Waals surface area contributed by atoms with Crippen molar-refractivity contribution in [1.29, 1.82) is 0 Å². The zero-order valence-electron chi connectivity index (χ0n) is 13.3. The van der Waals surface area contributed by atoms with Crippen molar-refractivity contribution in [3.05, 3.63) is 45.4 Å². The predicted molar refractivity (Wildman–Crippen MR) is 91.0 cm³/mol. The van der Waals surface area contributed by atoms with Gasteiger partial charge in [-0.15, -0.1) is 21.5 Å². The summed E-state index contributed by atoms with van der Waals surface area (Å²) in [6.07, 6.45) is 4.32. The molecule has 0 aliphatic heterocycles. The summed E-state index contributed by atoms with van der Waals surface area (Å²) in [6, 6.07) is 8.74. The number of nitrogens with zero attached hydrogens (tertiary/aromatic N) is 2. The zero-order chi connectivity index (χ0) is 15.8. The number of aromatic nitrogens is 2. The van der Waals surface area contributed by atoms with Crippen molar-refractivity contribution < 1.29 is 4.79 Å². The van der Waals surface area contributed by atoms with Gasteiger partial charge in [0.15, 0.2) is 5.78 Å². The molecule has 5 heteroatoms. The van der Waals surface area contributed by atoms with Gasteiger partial charge in [-0.25, -0.2) is 0 Å². The molecule has 2 saturated carbocycles. The van der Waals surface area contributed by atoms with Crippen LogP contribution in [0, 0.1) is 12.8 Å². The maximum atomic E-state index is 12.4. The van der Waals surface area contributed by atoms with Gasteiger partial charge in [0.2, 0.25) is 0 Å². The molecule has 120 valence electrons. The van der Waals surface area contributed by atoms with E-state index in [-0.39, 0.29) is 5.78 Å². The first-order valence-corrected chi connectivity index (χ1v) is 9.16. The lowest BCUT2D eigenvalue weighted by Crippen LogP contribution is -2.20. The van der Waals surface area contributed by atoms with Gasteiger partial charge in [0.25, 0.3) is 0 Å². The van der Waals surface area contributed by atoms with Gasteiger partial charge in [0.1, 0.15) is 10.0 Å². The van der Waals surface area contributed by atoms with Crippen molar-refractivity contribution in [2.24, 2.45) is 5.92 Å². The van der Waals surface area contributed by atoms with Crippen molar-refractivity contribution in [2.45, 2.75) is 44.6 Å². The predicted octanol–water partition coefficient (Wildman–Crippen LogP) is 3.13. The first-order chi connectivity index (χ1) is 11.2. The Balaban J connectivity index is 1.39. The Morgan fingerprint density at radius 1 is 1.35 bits per heavy atom. The molecule has 0 spiro atoms. The summed E-state index contributed by atoms with van der Waals surface area (Å²) in [6.45, 7) is 3.07. The Hall–Kier alpha value is -1.59. The molecule has 4 rings (SSSR count). The monoisotopic (exact) mass is 327 g/mol. The lowest BCUT2D eigenvalue weighted by Gasteiger charge is -2.05. The van der Waals surface area contributed by atoms with E-state index < -0.39 is 0 Å². The van der Waals surface area contributed by atoms with Gasteiger partial charge in [-0.3, -0.25) is 4.79 Å². The van der Waals surface area contributed by atoms with E-state index in [1.54, 1.807) is 0 Å². The molecule has 1 aromatic heterocycles. The van der Waals surface area contributed by atoms with Gasteiger partial charge in [-0.05, 0) is 50.3 Å². The first kappa shape index (κ1) is 15.0. The zero-order valence-corrected chi connectivity index (χ0v) is 14.1. The number of rotatable bonds is 7. The second kappa shape index (κ2) is 6.13. The molecule has 1 heterocycles. The fraction of sp³-hybridized carbons (Fsp3) is 0.500. The van der Waals surface area contributed by atoms with E-state index in [0.29, 0.717) is 18.4 Å². The molecule has 2 atom stereocenters. The second-order valence-electron chi connectivity index (χ2n) is 6.74. The molecule has 1 aromatic carbocycles. The highest BCUT2D eigenvalue weighted by Gasteiger charge is 2.39. The summed E-state index contributed by atoms with van der Waals surface area (Å²) in [5.41, 5.74) is 2.08. The lowest BCUT2D eigenvalue weighted by molar-refractivity contribution is 0.0992. The van der Waals surface area contributed by atoms with Gasteiger partial charge >= 0.3 is 0 Å². The molecule has 0 amide bonds. The van der Waals surface area contributed by atoms with Crippen LogP contribution in [0.15, 0.2) is 24.3 Å². The van der Waals surface area contributed by atoms with Crippen molar-refractivity contribution >= 4 is 17.1 Å². The van der Waals surface area contributed by atoms with Crippen LogP contribution in [0.25, 0.3) is 0 Å². The van der Waals surface area contributed by atoms with E-state index in [1.165, 1.54) is 36.2 Å². The van der Waals surface area contributed by atoms with Crippen LogP contribution in [-0.2, 0) is 6.42 Å². The van der Waals surface area contributed by atoms with Crippen molar-refractivity contribution in [3.63, 3.8) is 0 Å². The van der Waals surface area contributed by atoms with Gasteiger partial charge < -0.3 is 5.32 Å². The van der Waals surface area contributed by atoms with Crippen molar-refractivity contribution in [3.8, 4) is 0 Å². The number of carbonyl (C=O) groups excluding carboxylic acids is 1. The standard InChI is InChI=1S/C18H21N3OS/c1-11-20-21-18(23-11)9-17(22)14-4-2-3-13(7-14)15-8-16(15)19-10-12-5-6-12/h2-4,7,12,15-16,19H,5-6,8-10H2,1H3. The van der Waals surface area contributed by atoms with E-state index in [1.807, 2.05) is 19.1 Å². The quantitative estimate of drug-likeness (QED) is 0.794.